The first kappa shape index (κ1) is 12.5. The molecule has 1 fully saturated rings. The van der Waals surface area contributed by atoms with Gasteiger partial charge in [-0.15, -0.1) is 0 Å². The van der Waals surface area contributed by atoms with Gasteiger partial charge in [0.15, 0.2) is 0 Å². The van der Waals surface area contributed by atoms with E-state index in [0.717, 1.165) is 32.1 Å². The molecular weight excluding hydrogens is 192 g/mol. The maximum Gasteiger partial charge on any atom is 0.306 e. The van der Waals surface area contributed by atoms with E-state index in [-0.39, 0.29) is 18.2 Å². The van der Waals surface area contributed by atoms with Gasteiger partial charge in [0, 0.05) is 6.42 Å². The van der Waals surface area contributed by atoms with Crippen LogP contribution in [0.2, 0.25) is 0 Å². The summed E-state index contributed by atoms with van der Waals surface area (Å²) in [5.74, 6) is -0.0332. The van der Waals surface area contributed by atoms with E-state index in [0.29, 0.717) is 6.42 Å². The zero-order chi connectivity index (χ0) is 11.1. The van der Waals surface area contributed by atoms with Crippen LogP contribution in [0.3, 0.4) is 0 Å². The third kappa shape index (κ3) is 5.78. The molecule has 1 rings (SSSR count). The highest BCUT2D eigenvalue weighted by Crippen LogP contribution is 2.19. The van der Waals surface area contributed by atoms with Crippen molar-refractivity contribution in [3.63, 3.8) is 0 Å². The monoisotopic (exact) mass is 214 g/mol. The average Bonchev–Trinajstić information content (AvgIpc) is 2.57. The zero-order valence-corrected chi connectivity index (χ0v) is 9.58. The summed E-state index contributed by atoms with van der Waals surface area (Å²) in [4.78, 5) is 10.8. The van der Waals surface area contributed by atoms with Gasteiger partial charge in [-0.25, -0.2) is 0 Å². The van der Waals surface area contributed by atoms with E-state index in [4.69, 9.17) is 9.84 Å². The van der Waals surface area contributed by atoms with Crippen molar-refractivity contribution in [2.45, 2.75) is 70.5 Å². The van der Waals surface area contributed by atoms with E-state index in [1.165, 1.54) is 12.8 Å². The molecule has 2 atom stereocenters. The highest BCUT2D eigenvalue weighted by molar-refractivity contribution is 5.71. The number of carbonyl (C=O) groups excluding carboxylic acids is 1. The van der Waals surface area contributed by atoms with E-state index in [9.17, 15) is 4.79 Å². The molecule has 0 aliphatic carbocycles. The van der Waals surface area contributed by atoms with Gasteiger partial charge in [-0.3, -0.25) is 4.79 Å². The van der Waals surface area contributed by atoms with E-state index < -0.39 is 0 Å². The zero-order valence-electron chi connectivity index (χ0n) is 9.58. The molecule has 0 radical (unpaired) electrons. The Labute approximate surface area is 91.8 Å². The molecule has 88 valence electrons. The lowest BCUT2D eigenvalue weighted by atomic mass is 10.1. The minimum atomic E-state index is -0.166. The molecule has 0 aromatic heterocycles. The lowest BCUT2D eigenvalue weighted by Crippen LogP contribution is -2.06. The second kappa shape index (κ2) is 6.83. The van der Waals surface area contributed by atoms with E-state index in [1.54, 1.807) is 0 Å². The van der Waals surface area contributed by atoms with Crippen molar-refractivity contribution in [2.24, 2.45) is 0 Å². The Hall–Kier alpha value is -0.570. The second-order valence-corrected chi connectivity index (χ2v) is 4.49. The number of hydrogen-bond donors (Lipinski definition) is 1. The summed E-state index contributed by atoms with van der Waals surface area (Å²) in [5.41, 5.74) is 0. The van der Waals surface area contributed by atoms with Crippen LogP contribution in [-0.4, -0.2) is 23.3 Å². The van der Waals surface area contributed by atoms with Crippen LogP contribution in [0.15, 0.2) is 0 Å². The Bertz CT molecular complexity index is 189. The van der Waals surface area contributed by atoms with Crippen molar-refractivity contribution >= 4 is 5.97 Å². The molecule has 1 aliphatic heterocycles. The van der Waals surface area contributed by atoms with Crippen LogP contribution < -0.4 is 0 Å². The van der Waals surface area contributed by atoms with Crippen LogP contribution in [0.1, 0.15) is 58.3 Å². The van der Waals surface area contributed by atoms with Crippen LogP contribution in [0, 0.1) is 0 Å². The molecule has 0 bridgehead atoms. The summed E-state index contributed by atoms with van der Waals surface area (Å²) < 4.78 is 5.13. The number of unbranched alkanes of at least 4 members (excludes halogenated alkanes) is 3. The summed E-state index contributed by atoms with van der Waals surface area (Å²) in [6.45, 7) is 1.83. The maximum atomic E-state index is 10.8. The predicted molar refractivity (Wildman–Crippen MR) is 58.5 cm³/mol. The number of aliphatic hydroxyl groups excluding tert-OH is 1. The molecule has 1 saturated heterocycles. The standard InChI is InChI=1S/C12H22O3/c1-10(13)6-4-2-3-5-7-11-8-9-12(14)15-11/h10-11,13H,2-9H2,1H3/t10?,11-/m0/s1. The molecule has 0 saturated carbocycles. The molecule has 1 unspecified atom stereocenters. The Kier molecular flexibility index (Phi) is 5.69. The second-order valence-electron chi connectivity index (χ2n) is 4.49. The number of rotatable bonds is 7. The molecule has 3 nitrogen and oxygen atoms in total. The van der Waals surface area contributed by atoms with Gasteiger partial charge in [0.2, 0.25) is 0 Å². The highest BCUT2D eigenvalue weighted by atomic mass is 16.5. The SMILES string of the molecule is CC(O)CCCCCC[C@H]1CCC(=O)O1. The maximum absolute atomic E-state index is 10.8. The average molecular weight is 214 g/mol. The van der Waals surface area contributed by atoms with Crippen LogP contribution >= 0.6 is 0 Å². The molecule has 0 spiro atoms. The number of cyclic esters (lactones) is 1. The summed E-state index contributed by atoms with van der Waals surface area (Å²) in [5, 5.41) is 9.05. The van der Waals surface area contributed by atoms with Gasteiger partial charge in [-0.2, -0.15) is 0 Å². The topological polar surface area (TPSA) is 46.5 Å². The molecule has 15 heavy (non-hydrogen) atoms. The van der Waals surface area contributed by atoms with Gasteiger partial charge in [-0.1, -0.05) is 19.3 Å². The quantitative estimate of drug-likeness (QED) is 0.523. The fourth-order valence-corrected chi connectivity index (χ4v) is 1.95. The predicted octanol–water partition coefficient (Wildman–Crippen LogP) is 2.41. The third-order valence-corrected chi connectivity index (χ3v) is 2.87. The van der Waals surface area contributed by atoms with Crippen LogP contribution in [-0.2, 0) is 9.53 Å². The van der Waals surface area contributed by atoms with Crippen molar-refractivity contribution in [3.05, 3.63) is 0 Å². The summed E-state index contributed by atoms with van der Waals surface area (Å²) in [6.07, 6.45) is 8.04. The Morgan fingerprint density at radius 1 is 1.40 bits per heavy atom. The Morgan fingerprint density at radius 3 is 2.73 bits per heavy atom. The number of ether oxygens (including phenoxy) is 1. The highest BCUT2D eigenvalue weighted by Gasteiger charge is 2.22. The fraction of sp³-hybridized carbons (Fsp3) is 0.917. The van der Waals surface area contributed by atoms with Crippen molar-refractivity contribution in [1.82, 2.24) is 0 Å². The van der Waals surface area contributed by atoms with Crippen LogP contribution in [0.25, 0.3) is 0 Å². The fourth-order valence-electron chi connectivity index (χ4n) is 1.95. The van der Waals surface area contributed by atoms with Gasteiger partial charge in [0.1, 0.15) is 6.10 Å². The first-order chi connectivity index (χ1) is 7.18. The molecule has 1 aliphatic rings. The van der Waals surface area contributed by atoms with Gasteiger partial charge in [0.05, 0.1) is 6.10 Å². The minimum absolute atomic E-state index is 0.0332. The molecule has 1 N–H and O–H groups in total. The van der Waals surface area contributed by atoms with E-state index in [2.05, 4.69) is 0 Å². The van der Waals surface area contributed by atoms with Crippen molar-refractivity contribution in [3.8, 4) is 0 Å². The van der Waals surface area contributed by atoms with E-state index in [1.807, 2.05) is 6.92 Å². The van der Waals surface area contributed by atoms with Gasteiger partial charge in [-0.05, 0) is 32.6 Å². The minimum Gasteiger partial charge on any atom is -0.462 e. The number of carbonyl (C=O) groups is 1. The van der Waals surface area contributed by atoms with Gasteiger partial charge < -0.3 is 9.84 Å². The molecule has 0 aromatic rings. The van der Waals surface area contributed by atoms with Gasteiger partial charge >= 0.3 is 5.97 Å². The summed E-state index contributed by atoms with van der Waals surface area (Å²) >= 11 is 0. The first-order valence-electron chi connectivity index (χ1n) is 6.06. The van der Waals surface area contributed by atoms with Crippen molar-refractivity contribution in [2.75, 3.05) is 0 Å². The lowest BCUT2D eigenvalue weighted by Gasteiger charge is -2.08. The molecule has 0 aromatic carbocycles. The number of hydrogen-bond acceptors (Lipinski definition) is 3. The smallest absolute Gasteiger partial charge is 0.306 e. The van der Waals surface area contributed by atoms with Crippen molar-refractivity contribution in [1.29, 1.82) is 0 Å². The number of aliphatic hydroxyl groups is 1. The normalized spacial score (nSPS) is 22.8. The summed E-state index contributed by atoms with van der Waals surface area (Å²) in [7, 11) is 0. The van der Waals surface area contributed by atoms with Gasteiger partial charge in [0.25, 0.3) is 0 Å². The molecular formula is C12H22O3. The first-order valence-corrected chi connectivity index (χ1v) is 6.06. The molecule has 3 heteroatoms. The lowest BCUT2D eigenvalue weighted by molar-refractivity contribution is -0.141. The van der Waals surface area contributed by atoms with E-state index >= 15 is 0 Å². The van der Waals surface area contributed by atoms with Crippen molar-refractivity contribution < 1.29 is 14.6 Å². The Morgan fingerprint density at radius 2 is 2.13 bits per heavy atom. The summed E-state index contributed by atoms with van der Waals surface area (Å²) in [6, 6.07) is 0. The van der Waals surface area contributed by atoms with Crippen LogP contribution in [0.5, 0.6) is 0 Å². The Balaban J connectivity index is 1.87. The molecule has 0 amide bonds. The van der Waals surface area contributed by atoms with Crippen LogP contribution in [0.4, 0.5) is 0 Å². The molecule has 1 heterocycles. The third-order valence-electron chi connectivity index (χ3n) is 2.87. The largest absolute Gasteiger partial charge is 0.462 e. The number of esters is 1.